The third-order valence-corrected chi connectivity index (χ3v) is 5.17. The Hall–Kier alpha value is -2.01. The molecule has 134 valence electrons. The zero-order chi connectivity index (χ0) is 18.0. The van der Waals surface area contributed by atoms with Crippen molar-refractivity contribution >= 4 is 23.6 Å². The normalized spacial score (nSPS) is 21.5. The molecule has 1 heterocycles. The van der Waals surface area contributed by atoms with Crippen LogP contribution in [0.15, 0.2) is 35.5 Å². The molecule has 2 aliphatic rings. The van der Waals surface area contributed by atoms with Gasteiger partial charge in [-0.1, -0.05) is 36.6 Å². The maximum Gasteiger partial charge on any atom is 0.338 e. The molecule has 1 aliphatic heterocycles. The number of rotatable bonds is 4. The zero-order valence-electron chi connectivity index (χ0n) is 14.5. The largest absolute Gasteiger partial charge is 0.463 e. The average molecular weight is 363 g/mol. The molecule has 1 aromatic carbocycles. The van der Waals surface area contributed by atoms with Crippen LogP contribution in [0.3, 0.4) is 0 Å². The second-order valence-corrected chi connectivity index (χ2v) is 6.90. The van der Waals surface area contributed by atoms with Crippen molar-refractivity contribution in [2.45, 2.75) is 51.6 Å². The van der Waals surface area contributed by atoms with Crippen LogP contribution in [0.25, 0.3) is 0 Å². The molecule has 1 saturated carbocycles. The number of carbonyl (C=O) groups is 2. The fourth-order valence-electron chi connectivity index (χ4n) is 3.74. The van der Waals surface area contributed by atoms with Gasteiger partial charge in [0.25, 0.3) is 0 Å². The van der Waals surface area contributed by atoms with Gasteiger partial charge in [-0.05, 0) is 44.4 Å². The molecule has 0 bridgehead atoms. The van der Waals surface area contributed by atoms with E-state index in [4.69, 9.17) is 16.3 Å². The highest BCUT2D eigenvalue weighted by Gasteiger charge is 2.39. The molecule has 25 heavy (non-hydrogen) atoms. The van der Waals surface area contributed by atoms with Crippen molar-refractivity contribution < 1.29 is 14.3 Å². The molecule has 5 nitrogen and oxygen atoms in total. The summed E-state index contributed by atoms with van der Waals surface area (Å²) in [5.41, 5.74) is 2.00. The first-order chi connectivity index (χ1) is 12.0. The van der Waals surface area contributed by atoms with Crippen molar-refractivity contribution in [2.75, 3.05) is 6.61 Å². The van der Waals surface area contributed by atoms with Crippen LogP contribution in [0.4, 0.5) is 4.79 Å². The Morgan fingerprint density at radius 3 is 2.52 bits per heavy atom. The van der Waals surface area contributed by atoms with Gasteiger partial charge >= 0.3 is 12.0 Å². The Morgan fingerprint density at radius 2 is 1.92 bits per heavy atom. The standard InChI is InChI=1S/C19H23ClN2O3/c1-3-25-18(23)16-12(2)22(15-6-4-5-7-15)19(24)21-17(16)13-8-10-14(20)11-9-13/h8-11,15,17H,3-7H2,1-2H3,(H,21,24)/t17-/m0/s1. The minimum Gasteiger partial charge on any atom is -0.463 e. The summed E-state index contributed by atoms with van der Waals surface area (Å²) in [4.78, 5) is 27.2. The Bertz CT molecular complexity index is 693. The van der Waals surface area contributed by atoms with E-state index < -0.39 is 6.04 Å². The molecule has 0 unspecified atom stereocenters. The molecule has 0 saturated heterocycles. The van der Waals surface area contributed by atoms with Gasteiger partial charge in [-0.2, -0.15) is 0 Å². The third-order valence-electron chi connectivity index (χ3n) is 4.91. The summed E-state index contributed by atoms with van der Waals surface area (Å²) in [6.07, 6.45) is 4.15. The van der Waals surface area contributed by atoms with Gasteiger partial charge in [-0.25, -0.2) is 9.59 Å². The van der Waals surface area contributed by atoms with Crippen molar-refractivity contribution in [3.63, 3.8) is 0 Å². The summed E-state index contributed by atoms with van der Waals surface area (Å²) in [6.45, 7) is 3.91. The Kier molecular flexibility index (Phi) is 5.33. The van der Waals surface area contributed by atoms with Gasteiger partial charge in [-0.15, -0.1) is 0 Å². The SMILES string of the molecule is CCOC(=O)C1=C(C)N(C2CCCC2)C(=O)N[C@H]1c1ccc(Cl)cc1. The fourth-order valence-corrected chi connectivity index (χ4v) is 3.86. The minimum absolute atomic E-state index is 0.149. The van der Waals surface area contributed by atoms with Crippen LogP contribution in [0.2, 0.25) is 5.02 Å². The molecule has 1 aromatic rings. The van der Waals surface area contributed by atoms with E-state index >= 15 is 0 Å². The molecule has 0 spiro atoms. The van der Waals surface area contributed by atoms with Gasteiger partial charge in [0, 0.05) is 16.8 Å². The maximum atomic E-state index is 12.8. The van der Waals surface area contributed by atoms with Crippen LogP contribution in [0.5, 0.6) is 0 Å². The van der Waals surface area contributed by atoms with E-state index in [1.807, 2.05) is 19.1 Å². The maximum absolute atomic E-state index is 12.8. The lowest BCUT2D eigenvalue weighted by molar-refractivity contribution is -0.139. The monoisotopic (exact) mass is 362 g/mol. The van der Waals surface area contributed by atoms with Gasteiger partial charge in [0.15, 0.2) is 0 Å². The van der Waals surface area contributed by atoms with E-state index in [9.17, 15) is 9.59 Å². The van der Waals surface area contributed by atoms with Crippen molar-refractivity contribution in [2.24, 2.45) is 0 Å². The van der Waals surface area contributed by atoms with Crippen molar-refractivity contribution in [3.05, 3.63) is 46.1 Å². The number of allylic oxidation sites excluding steroid dienone is 1. The molecule has 1 N–H and O–H groups in total. The molecule has 3 rings (SSSR count). The average Bonchev–Trinajstić information content (AvgIpc) is 3.09. The zero-order valence-corrected chi connectivity index (χ0v) is 15.3. The van der Waals surface area contributed by atoms with Gasteiger partial charge in [0.2, 0.25) is 0 Å². The first-order valence-corrected chi connectivity index (χ1v) is 9.13. The topological polar surface area (TPSA) is 58.6 Å². The fraction of sp³-hybridized carbons (Fsp3) is 0.474. The third kappa shape index (κ3) is 3.52. The smallest absolute Gasteiger partial charge is 0.338 e. The number of carbonyl (C=O) groups excluding carboxylic acids is 2. The van der Waals surface area contributed by atoms with Crippen molar-refractivity contribution in [1.29, 1.82) is 0 Å². The second-order valence-electron chi connectivity index (χ2n) is 6.46. The van der Waals surface area contributed by atoms with Crippen LogP contribution in [0.1, 0.15) is 51.1 Å². The lowest BCUT2D eigenvalue weighted by Gasteiger charge is -2.38. The molecular formula is C19H23ClN2O3. The minimum atomic E-state index is -0.526. The number of amides is 2. The summed E-state index contributed by atoms with van der Waals surface area (Å²) in [5.74, 6) is -0.386. The summed E-state index contributed by atoms with van der Waals surface area (Å²) in [7, 11) is 0. The summed E-state index contributed by atoms with van der Waals surface area (Å²) < 4.78 is 5.27. The number of urea groups is 1. The van der Waals surface area contributed by atoms with Gasteiger partial charge in [0.1, 0.15) is 0 Å². The van der Waals surface area contributed by atoms with E-state index in [2.05, 4.69) is 5.32 Å². The van der Waals surface area contributed by atoms with Crippen LogP contribution in [-0.4, -0.2) is 29.5 Å². The summed E-state index contributed by atoms with van der Waals surface area (Å²) in [5, 5.41) is 3.59. The predicted octanol–water partition coefficient (Wildman–Crippen LogP) is 4.19. The summed E-state index contributed by atoms with van der Waals surface area (Å²) in [6, 6.07) is 6.62. The highest BCUT2D eigenvalue weighted by atomic mass is 35.5. The first-order valence-electron chi connectivity index (χ1n) is 8.76. The quantitative estimate of drug-likeness (QED) is 0.817. The van der Waals surface area contributed by atoms with Gasteiger partial charge in [-0.3, -0.25) is 4.90 Å². The summed E-state index contributed by atoms with van der Waals surface area (Å²) >= 11 is 5.97. The highest BCUT2D eigenvalue weighted by molar-refractivity contribution is 6.30. The molecular weight excluding hydrogens is 340 g/mol. The number of halogens is 1. The van der Waals surface area contributed by atoms with Crippen LogP contribution >= 0.6 is 11.6 Å². The van der Waals surface area contributed by atoms with Crippen molar-refractivity contribution in [3.8, 4) is 0 Å². The van der Waals surface area contributed by atoms with E-state index in [1.165, 1.54) is 0 Å². The molecule has 1 atom stereocenters. The van der Waals surface area contributed by atoms with Gasteiger partial charge in [0.05, 0.1) is 18.2 Å². The number of hydrogen-bond acceptors (Lipinski definition) is 3. The lowest BCUT2D eigenvalue weighted by Crippen LogP contribution is -2.51. The Balaban J connectivity index is 2.03. The number of hydrogen-bond donors (Lipinski definition) is 1. The number of esters is 1. The van der Waals surface area contributed by atoms with Gasteiger partial charge < -0.3 is 10.1 Å². The van der Waals surface area contributed by atoms with Crippen LogP contribution in [-0.2, 0) is 9.53 Å². The molecule has 0 aromatic heterocycles. The molecule has 1 fully saturated rings. The first kappa shape index (κ1) is 17.8. The lowest BCUT2D eigenvalue weighted by atomic mass is 9.94. The molecule has 1 aliphatic carbocycles. The Labute approximate surface area is 153 Å². The van der Waals surface area contributed by atoms with E-state index in [0.717, 1.165) is 31.2 Å². The number of nitrogens with one attached hydrogen (secondary N) is 1. The second kappa shape index (κ2) is 7.48. The van der Waals surface area contributed by atoms with Crippen molar-refractivity contribution in [1.82, 2.24) is 10.2 Å². The molecule has 2 amide bonds. The van der Waals surface area contributed by atoms with E-state index in [1.54, 1.807) is 24.0 Å². The van der Waals surface area contributed by atoms with E-state index in [0.29, 0.717) is 22.9 Å². The number of benzene rings is 1. The number of ether oxygens (including phenoxy) is 1. The highest BCUT2D eigenvalue weighted by Crippen LogP contribution is 2.36. The number of nitrogens with zero attached hydrogens (tertiary/aromatic N) is 1. The molecule has 6 heteroatoms. The predicted molar refractivity (Wildman–Crippen MR) is 96.2 cm³/mol. The van der Waals surface area contributed by atoms with Crippen LogP contribution in [0, 0.1) is 0 Å². The van der Waals surface area contributed by atoms with Crippen LogP contribution < -0.4 is 5.32 Å². The Morgan fingerprint density at radius 1 is 1.28 bits per heavy atom. The van der Waals surface area contributed by atoms with E-state index in [-0.39, 0.29) is 18.0 Å². The molecule has 0 radical (unpaired) electrons.